The van der Waals surface area contributed by atoms with Crippen LogP contribution in [0.4, 0.5) is 0 Å². The molecular weight excluding hydrogens is 368 g/mol. The first-order valence-corrected chi connectivity index (χ1v) is 11.1. The highest BCUT2D eigenvalue weighted by Gasteiger charge is 2.51. The van der Waals surface area contributed by atoms with Gasteiger partial charge in [-0.1, -0.05) is 18.2 Å². The third-order valence-corrected chi connectivity index (χ3v) is 8.20. The fraction of sp³-hybridized carbons (Fsp3) is 0.533. The van der Waals surface area contributed by atoms with Gasteiger partial charge in [-0.15, -0.1) is 0 Å². The third kappa shape index (κ3) is 3.43. The molecule has 3 rings (SSSR count). The number of rotatable bonds is 4. The highest BCUT2D eigenvalue weighted by molar-refractivity contribution is 7.92. The summed E-state index contributed by atoms with van der Waals surface area (Å²) in [4.78, 5) is 13.8. The molecule has 0 aliphatic carbocycles. The molecule has 2 heterocycles. The highest BCUT2D eigenvalue weighted by atomic mass is 32.2. The molecule has 2 aliphatic heterocycles. The number of sulfone groups is 1. The van der Waals surface area contributed by atoms with Gasteiger partial charge in [0.15, 0.2) is 9.84 Å². The smallest absolute Gasteiger partial charge is 0.248 e. The van der Waals surface area contributed by atoms with Crippen molar-refractivity contribution in [1.29, 1.82) is 0 Å². The molecule has 1 aromatic carbocycles. The lowest BCUT2D eigenvalue weighted by atomic mass is 10.1. The molecule has 10 heteroatoms. The van der Waals surface area contributed by atoms with Crippen molar-refractivity contribution in [3.8, 4) is 0 Å². The van der Waals surface area contributed by atoms with Crippen molar-refractivity contribution in [1.82, 2.24) is 9.21 Å². The lowest BCUT2D eigenvalue weighted by molar-refractivity contribution is -0.139. The molecular formula is C15H20N2O6S2. The molecule has 8 nitrogen and oxygen atoms in total. The topological polar surface area (TPSA) is 101 Å². The van der Waals surface area contributed by atoms with Crippen molar-refractivity contribution >= 4 is 25.8 Å². The Morgan fingerprint density at radius 3 is 2.44 bits per heavy atom. The van der Waals surface area contributed by atoms with Crippen molar-refractivity contribution < 1.29 is 26.4 Å². The molecule has 2 aliphatic rings. The minimum absolute atomic E-state index is 0.0589. The quantitative estimate of drug-likeness (QED) is 0.678. The predicted molar refractivity (Wildman–Crippen MR) is 90.2 cm³/mol. The van der Waals surface area contributed by atoms with Crippen LogP contribution in [-0.4, -0.2) is 82.3 Å². The molecule has 0 radical (unpaired) electrons. The van der Waals surface area contributed by atoms with Crippen molar-refractivity contribution in [3.05, 3.63) is 30.3 Å². The Labute approximate surface area is 147 Å². The number of carbonyl (C=O) groups excluding carboxylic acids is 1. The Kier molecular flexibility index (Phi) is 4.89. The molecule has 138 valence electrons. The summed E-state index contributed by atoms with van der Waals surface area (Å²) < 4.78 is 56.3. The number of carbonyl (C=O) groups is 1. The fourth-order valence-electron chi connectivity index (χ4n) is 3.46. The Hall–Kier alpha value is -1.49. The van der Waals surface area contributed by atoms with Crippen LogP contribution < -0.4 is 0 Å². The Morgan fingerprint density at radius 2 is 1.80 bits per heavy atom. The van der Waals surface area contributed by atoms with Gasteiger partial charge in [-0.3, -0.25) is 4.79 Å². The van der Waals surface area contributed by atoms with Gasteiger partial charge in [-0.25, -0.2) is 16.8 Å². The predicted octanol–water partition coefficient (Wildman–Crippen LogP) is -0.668. The van der Waals surface area contributed by atoms with Crippen molar-refractivity contribution in [2.45, 2.75) is 17.0 Å². The zero-order valence-corrected chi connectivity index (χ0v) is 15.4. The monoisotopic (exact) mass is 388 g/mol. The second-order valence-corrected chi connectivity index (χ2v) is 10.2. The maximum absolute atomic E-state index is 12.9. The second-order valence-electron chi connectivity index (χ2n) is 6.16. The van der Waals surface area contributed by atoms with Crippen molar-refractivity contribution in [3.63, 3.8) is 0 Å². The van der Waals surface area contributed by atoms with E-state index in [1.165, 1.54) is 28.4 Å². The van der Waals surface area contributed by atoms with E-state index in [4.69, 9.17) is 4.74 Å². The average molecular weight is 388 g/mol. The molecule has 2 atom stereocenters. The van der Waals surface area contributed by atoms with E-state index in [1.54, 1.807) is 18.2 Å². The summed E-state index contributed by atoms with van der Waals surface area (Å²) in [5, 5.41) is 0. The summed E-state index contributed by atoms with van der Waals surface area (Å²) in [6.07, 6.45) is 0. The first-order valence-electron chi connectivity index (χ1n) is 7.82. The number of ether oxygens (including phenoxy) is 1. The normalized spacial score (nSPS) is 26.4. The van der Waals surface area contributed by atoms with Crippen LogP contribution in [0.15, 0.2) is 35.2 Å². The lowest BCUT2D eigenvalue weighted by Crippen LogP contribution is -2.62. The number of sulfonamides is 1. The van der Waals surface area contributed by atoms with Gasteiger partial charge in [-0.2, -0.15) is 4.31 Å². The summed E-state index contributed by atoms with van der Waals surface area (Å²) in [6, 6.07) is 6.46. The van der Waals surface area contributed by atoms with Crippen LogP contribution >= 0.6 is 0 Å². The molecule has 2 saturated heterocycles. The molecule has 2 fully saturated rings. The number of hydrogen-bond donors (Lipinski definition) is 0. The number of methoxy groups -OCH3 is 1. The number of nitrogens with zero attached hydrogens (tertiary/aromatic N) is 2. The van der Waals surface area contributed by atoms with Gasteiger partial charge in [-0.05, 0) is 12.1 Å². The molecule has 0 unspecified atom stereocenters. The van der Waals surface area contributed by atoms with Gasteiger partial charge < -0.3 is 9.64 Å². The van der Waals surface area contributed by atoms with Crippen LogP contribution in [0.3, 0.4) is 0 Å². The second kappa shape index (κ2) is 6.67. The molecule has 1 amide bonds. The van der Waals surface area contributed by atoms with Crippen molar-refractivity contribution in [2.75, 3.05) is 38.3 Å². The molecule has 25 heavy (non-hydrogen) atoms. The van der Waals surface area contributed by atoms with Crippen LogP contribution in [0.2, 0.25) is 0 Å². The molecule has 0 N–H and O–H groups in total. The summed E-state index contributed by atoms with van der Waals surface area (Å²) in [5.74, 6) is -0.833. The Bertz CT molecular complexity index is 853. The van der Waals surface area contributed by atoms with Gasteiger partial charge in [0, 0.05) is 20.2 Å². The van der Waals surface area contributed by atoms with E-state index in [1.807, 2.05) is 0 Å². The van der Waals surface area contributed by atoms with E-state index in [0.717, 1.165) is 0 Å². The zero-order chi connectivity index (χ0) is 18.2. The summed E-state index contributed by atoms with van der Waals surface area (Å²) in [5.41, 5.74) is 0. The van der Waals surface area contributed by atoms with E-state index in [2.05, 4.69) is 0 Å². The SMILES string of the molecule is COCC(=O)N1CCN(S(=O)(=O)c2ccccc2)[C@H]2CS(=O)(=O)C[C@H]21. The number of benzene rings is 1. The molecule has 1 aromatic rings. The van der Waals surface area contributed by atoms with Crippen molar-refractivity contribution in [2.24, 2.45) is 0 Å². The number of fused-ring (bicyclic) bond motifs is 1. The maximum atomic E-state index is 12.9. The third-order valence-electron chi connectivity index (χ3n) is 4.56. The Morgan fingerprint density at radius 1 is 1.16 bits per heavy atom. The van der Waals surface area contributed by atoms with E-state index in [0.29, 0.717) is 0 Å². The first-order chi connectivity index (χ1) is 11.8. The largest absolute Gasteiger partial charge is 0.375 e. The van der Waals surface area contributed by atoms with Crippen LogP contribution in [-0.2, 0) is 29.4 Å². The van der Waals surface area contributed by atoms with Gasteiger partial charge in [0.1, 0.15) is 6.61 Å². The van der Waals surface area contributed by atoms with E-state index in [-0.39, 0.29) is 42.0 Å². The van der Waals surface area contributed by atoms with Crippen LogP contribution in [0.5, 0.6) is 0 Å². The first kappa shape index (κ1) is 18.3. The average Bonchev–Trinajstić information content (AvgIpc) is 2.89. The van der Waals surface area contributed by atoms with E-state index in [9.17, 15) is 21.6 Å². The highest BCUT2D eigenvalue weighted by Crippen LogP contribution is 2.31. The van der Waals surface area contributed by atoms with Gasteiger partial charge in [0.2, 0.25) is 15.9 Å². The Balaban J connectivity index is 1.95. The van der Waals surface area contributed by atoms with Gasteiger partial charge >= 0.3 is 0 Å². The summed E-state index contributed by atoms with van der Waals surface area (Å²) in [6.45, 7) is 0.0447. The summed E-state index contributed by atoms with van der Waals surface area (Å²) in [7, 11) is -5.87. The van der Waals surface area contributed by atoms with Gasteiger partial charge in [0.25, 0.3) is 0 Å². The van der Waals surface area contributed by atoms with Crippen LogP contribution in [0.1, 0.15) is 0 Å². The standard InChI is InChI=1S/C15H20N2O6S2/c1-23-9-15(18)16-7-8-17(14-11-24(19,20)10-13(14)16)25(21,22)12-5-3-2-4-6-12/h2-6,13-14H,7-11H2,1H3/t13-,14+/m1/s1. The molecule has 0 spiro atoms. The maximum Gasteiger partial charge on any atom is 0.248 e. The molecule has 0 aromatic heterocycles. The lowest BCUT2D eigenvalue weighted by Gasteiger charge is -2.42. The van der Waals surface area contributed by atoms with E-state index >= 15 is 0 Å². The molecule has 0 saturated carbocycles. The minimum atomic E-state index is -3.83. The number of amides is 1. The van der Waals surface area contributed by atoms with Gasteiger partial charge in [0.05, 0.1) is 28.5 Å². The molecule has 0 bridgehead atoms. The zero-order valence-electron chi connectivity index (χ0n) is 13.7. The van der Waals surface area contributed by atoms with E-state index < -0.39 is 31.9 Å². The number of hydrogen-bond acceptors (Lipinski definition) is 6. The fourth-order valence-corrected chi connectivity index (χ4v) is 7.20. The van der Waals surface area contributed by atoms with Crippen LogP contribution in [0, 0.1) is 0 Å². The van der Waals surface area contributed by atoms with Crippen LogP contribution in [0.25, 0.3) is 0 Å². The minimum Gasteiger partial charge on any atom is -0.375 e. The summed E-state index contributed by atoms with van der Waals surface area (Å²) >= 11 is 0. The number of piperazine rings is 1.